The number of rotatable bonds is 37. The largest absolute Gasteiger partial charge is 0.472 e. The molecule has 6 N–H and O–H groups in total. The van der Waals surface area contributed by atoms with Crippen molar-refractivity contribution < 1.29 is 58.3 Å². The van der Waals surface area contributed by atoms with Crippen LogP contribution in [0.1, 0.15) is 194 Å². The number of carbonyl (C=O) groups is 1. The van der Waals surface area contributed by atoms with E-state index >= 15 is 0 Å². The average Bonchev–Trinajstić information content (AvgIpc) is 3.15. The molecule has 0 radical (unpaired) electrons. The normalized spacial score (nSPS) is 23.3. The lowest BCUT2D eigenvalue weighted by atomic mass is 9.85. The monoisotopic (exact) mass is 797 g/mol. The van der Waals surface area contributed by atoms with E-state index in [-0.39, 0.29) is 13.0 Å². The fourth-order valence-electron chi connectivity index (χ4n) is 6.94. The molecule has 6 atom stereocenters. The molecule has 0 bridgehead atoms. The van der Waals surface area contributed by atoms with E-state index in [0.29, 0.717) is 13.0 Å². The van der Waals surface area contributed by atoms with E-state index in [0.717, 1.165) is 38.5 Å². The molecule has 1 aliphatic rings. The van der Waals surface area contributed by atoms with E-state index < -0.39 is 63.1 Å². The van der Waals surface area contributed by atoms with Gasteiger partial charge in [0.1, 0.15) is 42.7 Å². The number of ether oxygens (including phenoxy) is 2. The number of phosphoric acid groups is 1. The van der Waals surface area contributed by atoms with E-state index in [1.54, 1.807) is 0 Å². The van der Waals surface area contributed by atoms with Gasteiger partial charge in [-0.05, 0) is 12.8 Å². The number of aliphatic hydroxyl groups is 5. The number of hydrogen-bond acceptors (Lipinski definition) is 11. The lowest BCUT2D eigenvalue weighted by molar-refractivity contribution is -0.220. The summed E-state index contributed by atoms with van der Waals surface area (Å²) in [5.41, 5.74) is 0. The second-order valence-corrected chi connectivity index (χ2v) is 17.0. The van der Waals surface area contributed by atoms with Crippen molar-refractivity contribution in [2.45, 2.75) is 236 Å². The SMILES string of the molecule is CCCCCCCCCCCCCCCCCOCC(COP(=O)(O)OC1C(O)C(O)C(O)C(O)C1O)OC(=O)CCCCCCCCCCCCCC. The minimum absolute atomic E-state index is 0.0684. The molecular formula is C41H81O12P. The van der Waals surface area contributed by atoms with Gasteiger partial charge in [-0.25, -0.2) is 4.57 Å². The van der Waals surface area contributed by atoms with Crippen molar-refractivity contribution in [3.63, 3.8) is 0 Å². The second kappa shape index (κ2) is 33.3. The maximum atomic E-state index is 12.8. The highest BCUT2D eigenvalue weighted by Crippen LogP contribution is 2.47. The van der Waals surface area contributed by atoms with Crippen LogP contribution in [0.25, 0.3) is 0 Å². The van der Waals surface area contributed by atoms with Gasteiger partial charge in [0.15, 0.2) is 0 Å². The summed E-state index contributed by atoms with van der Waals surface area (Å²) < 4.78 is 34.1. The van der Waals surface area contributed by atoms with Crippen LogP contribution in [-0.2, 0) is 27.9 Å². The highest BCUT2D eigenvalue weighted by molar-refractivity contribution is 7.47. The Kier molecular flexibility index (Phi) is 31.7. The number of esters is 1. The first-order valence-electron chi connectivity index (χ1n) is 21.9. The summed E-state index contributed by atoms with van der Waals surface area (Å²) in [6, 6.07) is 0. The van der Waals surface area contributed by atoms with Crippen LogP contribution in [-0.4, -0.2) is 98.9 Å². The van der Waals surface area contributed by atoms with Crippen LogP contribution in [0.2, 0.25) is 0 Å². The van der Waals surface area contributed by atoms with Gasteiger partial charge in [0.05, 0.1) is 13.2 Å². The minimum Gasteiger partial charge on any atom is -0.457 e. The van der Waals surface area contributed by atoms with Gasteiger partial charge in [0.2, 0.25) is 0 Å². The first kappa shape index (κ1) is 51.4. The molecule has 0 aromatic rings. The van der Waals surface area contributed by atoms with Gasteiger partial charge < -0.3 is 39.9 Å². The summed E-state index contributed by atoms with van der Waals surface area (Å²) in [6.07, 6.45) is 20.3. The third-order valence-corrected chi connectivity index (χ3v) is 11.5. The predicted octanol–water partition coefficient (Wildman–Crippen LogP) is 8.20. The highest BCUT2D eigenvalue weighted by atomic mass is 31.2. The topological polar surface area (TPSA) is 192 Å². The summed E-state index contributed by atoms with van der Waals surface area (Å²) in [7, 11) is -5.00. The first-order chi connectivity index (χ1) is 26.0. The molecule has 0 amide bonds. The van der Waals surface area contributed by atoms with Gasteiger partial charge in [-0.2, -0.15) is 0 Å². The smallest absolute Gasteiger partial charge is 0.457 e. The molecule has 6 unspecified atom stereocenters. The van der Waals surface area contributed by atoms with Crippen LogP contribution < -0.4 is 0 Å². The summed E-state index contributed by atoms with van der Waals surface area (Å²) in [4.78, 5) is 23.1. The van der Waals surface area contributed by atoms with Crippen LogP contribution in [0.5, 0.6) is 0 Å². The molecule has 54 heavy (non-hydrogen) atoms. The van der Waals surface area contributed by atoms with Crippen molar-refractivity contribution in [3.05, 3.63) is 0 Å². The van der Waals surface area contributed by atoms with Gasteiger partial charge in [-0.3, -0.25) is 13.8 Å². The van der Waals surface area contributed by atoms with Crippen molar-refractivity contribution in [2.75, 3.05) is 19.8 Å². The fourth-order valence-corrected chi connectivity index (χ4v) is 7.92. The Morgan fingerprint density at radius 1 is 0.519 bits per heavy atom. The molecule has 0 saturated heterocycles. The van der Waals surface area contributed by atoms with Crippen LogP contribution in [0.3, 0.4) is 0 Å². The standard InChI is InChI=1S/C41H81O12P/c1-3-5-7-9-11-13-15-17-18-19-21-23-25-27-29-31-50-32-34(52-35(42)30-28-26-24-22-20-16-14-12-10-8-6-4-2)33-51-54(48,49)53-41-39(46)37(44)36(43)38(45)40(41)47/h34,36-41,43-47H,3-33H2,1-2H3,(H,48,49). The maximum Gasteiger partial charge on any atom is 0.472 e. The van der Waals surface area contributed by atoms with E-state index in [1.165, 1.54) is 128 Å². The number of carbonyl (C=O) groups excluding carboxylic acids is 1. The van der Waals surface area contributed by atoms with E-state index in [4.69, 9.17) is 18.5 Å². The lowest BCUT2D eigenvalue weighted by Gasteiger charge is -2.41. The summed E-state index contributed by atoms with van der Waals surface area (Å²) in [5, 5.41) is 50.1. The summed E-state index contributed by atoms with van der Waals surface area (Å²) >= 11 is 0. The third-order valence-electron chi connectivity index (χ3n) is 10.5. The Hall–Kier alpha value is -0.660. The Morgan fingerprint density at radius 2 is 0.870 bits per heavy atom. The first-order valence-corrected chi connectivity index (χ1v) is 23.4. The van der Waals surface area contributed by atoms with Gasteiger partial charge >= 0.3 is 13.8 Å². The molecular weight excluding hydrogens is 715 g/mol. The molecule has 13 heteroatoms. The molecule has 0 heterocycles. The Balaban J connectivity index is 2.41. The maximum absolute atomic E-state index is 12.8. The van der Waals surface area contributed by atoms with Crippen molar-refractivity contribution >= 4 is 13.8 Å². The van der Waals surface area contributed by atoms with E-state index in [1.807, 2.05) is 0 Å². The molecule has 0 spiro atoms. The summed E-state index contributed by atoms with van der Waals surface area (Å²) in [6.45, 7) is 4.27. The van der Waals surface area contributed by atoms with Gasteiger partial charge in [0.25, 0.3) is 0 Å². The molecule has 1 fully saturated rings. The van der Waals surface area contributed by atoms with Crippen molar-refractivity contribution in [3.8, 4) is 0 Å². The molecule has 1 saturated carbocycles. The van der Waals surface area contributed by atoms with Crippen LogP contribution in [0.15, 0.2) is 0 Å². The second-order valence-electron chi connectivity index (χ2n) is 15.6. The number of hydrogen-bond donors (Lipinski definition) is 6. The third kappa shape index (κ3) is 25.6. The van der Waals surface area contributed by atoms with E-state index in [2.05, 4.69) is 13.8 Å². The Bertz CT molecular complexity index is 911. The minimum atomic E-state index is -5.00. The molecule has 0 aliphatic heterocycles. The van der Waals surface area contributed by atoms with Crippen LogP contribution in [0.4, 0.5) is 0 Å². The Labute approximate surface area is 327 Å². The van der Waals surface area contributed by atoms with Crippen molar-refractivity contribution in [1.82, 2.24) is 0 Å². The van der Waals surface area contributed by atoms with Crippen LogP contribution in [0, 0.1) is 0 Å². The number of unbranched alkanes of at least 4 members (excludes halogenated alkanes) is 25. The molecule has 1 rings (SSSR count). The number of aliphatic hydroxyl groups excluding tert-OH is 5. The molecule has 0 aromatic carbocycles. The van der Waals surface area contributed by atoms with Crippen molar-refractivity contribution in [1.29, 1.82) is 0 Å². The Morgan fingerprint density at radius 3 is 1.28 bits per heavy atom. The quantitative estimate of drug-likeness (QED) is 0.0201. The van der Waals surface area contributed by atoms with E-state index in [9.17, 15) is 39.8 Å². The van der Waals surface area contributed by atoms with Crippen molar-refractivity contribution in [2.24, 2.45) is 0 Å². The lowest BCUT2D eigenvalue weighted by Crippen LogP contribution is -2.64. The molecule has 12 nitrogen and oxygen atoms in total. The van der Waals surface area contributed by atoms with Gasteiger partial charge in [-0.1, -0.05) is 174 Å². The zero-order valence-corrected chi connectivity index (χ0v) is 34.9. The predicted molar refractivity (Wildman–Crippen MR) is 212 cm³/mol. The van der Waals surface area contributed by atoms with Gasteiger partial charge in [-0.15, -0.1) is 0 Å². The zero-order chi connectivity index (χ0) is 39.9. The molecule has 1 aliphatic carbocycles. The summed E-state index contributed by atoms with van der Waals surface area (Å²) in [5.74, 6) is -0.474. The van der Waals surface area contributed by atoms with Gasteiger partial charge in [0, 0.05) is 13.0 Å². The molecule has 0 aromatic heterocycles. The van der Waals surface area contributed by atoms with Crippen LogP contribution >= 0.6 is 7.82 Å². The zero-order valence-electron chi connectivity index (χ0n) is 34.0. The average molecular weight is 797 g/mol. The molecule has 322 valence electrons. The highest BCUT2D eigenvalue weighted by Gasteiger charge is 2.51. The fraction of sp³-hybridized carbons (Fsp3) is 0.976. The number of phosphoric ester groups is 1.